The van der Waals surface area contributed by atoms with E-state index in [9.17, 15) is 19.2 Å². The first-order chi connectivity index (χ1) is 14.4. The number of rotatable bonds is 6. The fraction of sp³-hybridized carbons (Fsp3) is 0.174. The number of carbonyl (C=O) groups is 2. The van der Waals surface area contributed by atoms with Crippen LogP contribution in [0.15, 0.2) is 54.6 Å². The van der Waals surface area contributed by atoms with Crippen LogP contribution in [0.1, 0.15) is 22.4 Å². The minimum atomic E-state index is -0.608. The first kappa shape index (κ1) is 20.8. The van der Waals surface area contributed by atoms with E-state index in [4.69, 9.17) is 4.74 Å². The van der Waals surface area contributed by atoms with Gasteiger partial charge in [0.05, 0.1) is 12.0 Å². The summed E-state index contributed by atoms with van der Waals surface area (Å²) in [4.78, 5) is 24.4. The largest absolute Gasteiger partial charge is 0.455 e. The molecule has 152 valence electrons. The molecule has 0 fully saturated rings. The summed E-state index contributed by atoms with van der Waals surface area (Å²) in [5, 5.41) is 12.3. The van der Waals surface area contributed by atoms with Gasteiger partial charge in [0.15, 0.2) is 6.61 Å². The van der Waals surface area contributed by atoms with Gasteiger partial charge in [-0.05, 0) is 49.2 Å². The highest BCUT2D eigenvalue weighted by molar-refractivity contribution is 5.94. The van der Waals surface area contributed by atoms with E-state index < -0.39 is 24.3 Å². The van der Waals surface area contributed by atoms with Crippen molar-refractivity contribution in [3.63, 3.8) is 0 Å². The zero-order valence-corrected chi connectivity index (χ0v) is 16.6. The topological polar surface area (TPSA) is 84.1 Å². The van der Waals surface area contributed by atoms with Crippen LogP contribution in [0.5, 0.6) is 0 Å². The molecule has 1 heterocycles. The van der Waals surface area contributed by atoms with Crippen molar-refractivity contribution in [2.75, 3.05) is 11.9 Å². The molecule has 0 saturated carbocycles. The quantitative estimate of drug-likeness (QED) is 0.632. The van der Waals surface area contributed by atoms with Gasteiger partial charge >= 0.3 is 5.97 Å². The lowest BCUT2D eigenvalue weighted by Gasteiger charge is -2.13. The van der Waals surface area contributed by atoms with Crippen LogP contribution < -0.4 is 5.32 Å². The summed E-state index contributed by atoms with van der Waals surface area (Å²) in [6, 6.07) is 16.9. The number of amides is 1. The summed E-state index contributed by atoms with van der Waals surface area (Å²) >= 11 is 0. The highest BCUT2D eigenvalue weighted by atomic mass is 19.1. The highest BCUT2D eigenvalue weighted by Crippen LogP contribution is 2.29. The monoisotopic (exact) mass is 405 g/mol. The van der Waals surface area contributed by atoms with Crippen molar-refractivity contribution in [2.45, 2.75) is 20.3 Å². The second kappa shape index (κ2) is 9.05. The molecule has 0 unspecified atom stereocenters. The second-order valence-corrected chi connectivity index (χ2v) is 6.73. The van der Waals surface area contributed by atoms with E-state index in [1.54, 1.807) is 4.57 Å². The summed E-state index contributed by atoms with van der Waals surface area (Å²) in [7, 11) is 0. The number of hydrogen-bond acceptors (Lipinski definition) is 4. The molecule has 30 heavy (non-hydrogen) atoms. The summed E-state index contributed by atoms with van der Waals surface area (Å²) in [6.07, 6.45) is -0.0738. The summed E-state index contributed by atoms with van der Waals surface area (Å²) in [6.45, 7) is 3.18. The number of hydrogen-bond donors (Lipinski definition) is 1. The molecule has 1 aromatic heterocycles. The summed E-state index contributed by atoms with van der Waals surface area (Å²) in [5.41, 5.74) is 3.30. The summed E-state index contributed by atoms with van der Waals surface area (Å²) < 4.78 is 19.8. The molecule has 0 saturated heterocycles. The van der Waals surface area contributed by atoms with Crippen molar-refractivity contribution in [1.29, 1.82) is 5.26 Å². The zero-order chi connectivity index (χ0) is 21.7. The van der Waals surface area contributed by atoms with Crippen molar-refractivity contribution < 1.29 is 18.7 Å². The number of nitriles is 1. The fourth-order valence-corrected chi connectivity index (χ4v) is 3.09. The third-order valence-electron chi connectivity index (χ3n) is 4.72. The Kier molecular flexibility index (Phi) is 6.28. The Morgan fingerprint density at radius 2 is 1.77 bits per heavy atom. The Labute approximate surface area is 173 Å². The number of carbonyl (C=O) groups excluding carboxylic acids is 2. The Hall–Kier alpha value is -3.92. The molecule has 0 aliphatic carbocycles. The molecule has 7 heteroatoms. The van der Waals surface area contributed by atoms with Crippen LogP contribution in [-0.4, -0.2) is 23.1 Å². The molecule has 0 aliphatic rings. The average molecular weight is 405 g/mol. The van der Waals surface area contributed by atoms with E-state index in [1.807, 2.05) is 44.2 Å². The van der Waals surface area contributed by atoms with Crippen molar-refractivity contribution in [1.82, 2.24) is 4.57 Å². The van der Waals surface area contributed by atoms with Gasteiger partial charge in [0, 0.05) is 11.4 Å². The number of aromatic nitrogens is 1. The number of esters is 1. The molecule has 3 rings (SSSR count). The Morgan fingerprint density at radius 1 is 1.10 bits per heavy atom. The average Bonchev–Trinajstić information content (AvgIpc) is 2.98. The molecule has 0 radical (unpaired) electrons. The van der Waals surface area contributed by atoms with Gasteiger partial charge in [-0.25, -0.2) is 4.39 Å². The number of nitrogens with one attached hydrogen (secondary N) is 1. The molecule has 6 nitrogen and oxygen atoms in total. The van der Waals surface area contributed by atoms with Crippen LogP contribution in [0.2, 0.25) is 0 Å². The van der Waals surface area contributed by atoms with E-state index in [1.165, 1.54) is 24.3 Å². The normalized spacial score (nSPS) is 10.3. The first-order valence-corrected chi connectivity index (χ1v) is 9.28. The van der Waals surface area contributed by atoms with Crippen LogP contribution >= 0.6 is 0 Å². The number of ether oxygens (including phenoxy) is 1. The lowest BCUT2D eigenvalue weighted by atomic mass is 10.1. The first-order valence-electron chi connectivity index (χ1n) is 9.28. The smallest absolute Gasteiger partial charge is 0.310 e. The number of nitrogens with zero attached hydrogens (tertiary/aromatic N) is 2. The van der Waals surface area contributed by atoms with Gasteiger partial charge in [-0.2, -0.15) is 5.26 Å². The van der Waals surface area contributed by atoms with E-state index >= 15 is 0 Å². The molecule has 0 aliphatic heterocycles. The standard InChI is InChI=1S/C23H20FN3O3/c1-15-16(2)27(19-6-4-3-5-7-19)23(20(15)13-25)26-21(28)14-30-22(29)12-17-8-10-18(24)11-9-17/h3-11H,12,14H2,1-2H3,(H,26,28). The number of para-hydroxylation sites is 1. The van der Waals surface area contributed by atoms with Crippen LogP contribution in [0, 0.1) is 31.0 Å². The van der Waals surface area contributed by atoms with Gasteiger partial charge in [0.2, 0.25) is 0 Å². The van der Waals surface area contributed by atoms with E-state index in [-0.39, 0.29) is 6.42 Å². The van der Waals surface area contributed by atoms with Crippen LogP contribution in [0.3, 0.4) is 0 Å². The van der Waals surface area contributed by atoms with Crippen LogP contribution in [-0.2, 0) is 20.7 Å². The van der Waals surface area contributed by atoms with E-state index in [0.29, 0.717) is 16.9 Å². The summed E-state index contributed by atoms with van der Waals surface area (Å²) in [5.74, 6) is -1.23. The predicted octanol–water partition coefficient (Wildman–Crippen LogP) is 3.83. The Morgan fingerprint density at radius 3 is 2.40 bits per heavy atom. The maximum absolute atomic E-state index is 12.9. The predicted molar refractivity (Wildman–Crippen MR) is 110 cm³/mol. The maximum atomic E-state index is 12.9. The molecule has 0 spiro atoms. The van der Waals surface area contributed by atoms with Gasteiger partial charge in [-0.15, -0.1) is 0 Å². The van der Waals surface area contributed by atoms with Crippen molar-refractivity contribution in [3.05, 3.63) is 82.8 Å². The number of anilines is 1. The minimum absolute atomic E-state index is 0.0738. The van der Waals surface area contributed by atoms with Crippen molar-refractivity contribution in [2.24, 2.45) is 0 Å². The van der Waals surface area contributed by atoms with Gasteiger partial charge in [0.25, 0.3) is 5.91 Å². The van der Waals surface area contributed by atoms with Crippen LogP contribution in [0.25, 0.3) is 5.69 Å². The second-order valence-electron chi connectivity index (χ2n) is 6.73. The molecule has 0 atom stereocenters. The third-order valence-corrected chi connectivity index (χ3v) is 4.72. The molecular weight excluding hydrogens is 385 g/mol. The van der Waals surface area contributed by atoms with Crippen LogP contribution in [0.4, 0.5) is 10.2 Å². The van der Waals surface area contributed by atoms with E-state index in [2.05, 4.69) is 11.4 Å². The Bertz CT molecular complexity index is 1110. The van der Waals surface area contributed by atoms with Gasteiger partial charge < -0.3 is 10.1 Å². The molecule has 3 aromatic rings. The molecule has 1 N–H and O–H groups in total. The lowest BCUT2D eigenvalue weighted by Crippen LogP contribution is -2.23. The molecule has 1 amide bonds. The highest BCUT2D eigenvalue weighted by Gasteiger charge is 2.21. The zero-order valence-electron chi connectivity index (χ0n) is 16.6. The number of halogens is 1. The molecule has 2 aromatic carbocycles. The maximum Gasteiger partial charge on any atom is 0.310 e. The van der Waals surface area contributed by atoms with Gasteiger partial charge in [-0.3, -0.25) is 14.2 Å². The molecular formula is C23H20FN3O3. The molecule has 0 bridgehead atoms. The van der Waals surface area contributed by atoms with Gasteiger partial charge in [-0.1, -0.05) is 30.3 Å². The third kappa shape index (κ3) is 4.55. The Balaban J connectivity index is 1.72. The van der Waals surface area contributed by atoms with Crippen molar-refractivity contribution in [3.8, 4) is 11.8 Å². The lowest BCUT2D eigenvalue weighted by molar-refractivity contribution is -0.146. The van der Waals surface area contributed by atoms with Gasteiger partial charge in [0.1, 0.15) is 17.7 Å². The minimum Gasteiger partial charge on any atom is -0.455 e. The number of benzene rings is 2. The van der Waals surface area contributed by atoms with Crippen molar-refractivity contribution >= 4 is 17.7 Å². The SMILES string of the molecule is Cc1c(C#N)c(NC(=O)COC(=O)Cc2ccc(F)cc2)n(-c2ccccc2)c1C. The fourth-order valence-electron chi connectivity index (χ4n) is 3.09. The van der Waals surface area contributed by atoms with E-state index in [0.717, 1.165) is 16.9 Å².